The molecule has 85 heavy (non-hydrogen) atoms. The zero-order valence-electron chi connectivity index (χ0n) is 55.6. The van der Waals surface area contributed by atoms with Crippen LogP contribution in [0, 0.1) is 0 Å². The fraction of sp³-hybridized carbons (Fsp3) is 0.680. The Hall–Kier alpha value is -3.85. The van der Waals surface area contributed by atoms with E-state index < -0.39 is 20.0 Å². The molecule has 0 aliphatic carbocycles. The number of ether oxygens (including phenoxy) is 1. The number of nitrogens with one attached hydrogen (secondary N) is 1. The summed E-state index contributed by atoms with van der Waals surface area (Å²) in [4.78, 5) is 37.8. The minimum atomic E-state index is -4.47. The normalized spacial score (nSPS) is 14.4. The summed E-state index contributed by atoms with van der Waals surface area (Å²) < 4.78 is 30.8. The molecule has 0 saturated heterocycles. The van der Waals surface area contributed by atoms with E-state index in [1.54, 1.807) is 0 Å². The zero-order valence-corrected chi connectivity index (χ0v) is 56.4. The number of amides is 1. The van der Waals surface area contributed by atoms with Crippen LogP contribution < -0.4 is 5.32 Å². The third kappa shape index (κ3) is 64.5. The van der Waals surface area contributed by atoms with Crippen molar-refractivity contribution in [2.45, 2.75) is 290 Å². The standard InChI is InChI=1S/C75H129N2O7P/c1-7-10-13-16-19-22-25-27-29-31-33-35-36-37-38-39-40-42-43-45-47-49-52-55-58-61-64-67-74(78)76-72(71-83-85(80,81)82-70-69-77(4,5)6)73(66-63-60-57-54-51-24-21-18-15-12-9-3)84-75(79)68-65-62-59-56-53-50-48-46-44-41-34-32-30-28-26-23-20-17-14-11-8-2/h10,13,19-20,22-23,27-30,33-35,37-38,40-42,46,48,63,66,72-73H,7-9,11-12,14-18,21,24-26,31-32,36,39,43-45,47,49-62,64-65,67-71H2,1-6H3,(H-,76,78,80,81)/p+1/b13-10-,22-19-,23-20-,29-27-,30-28-,35-33-,38-37-,41-34-,42-40-,48-46-,66-63-. The van der Waals surface area contributed by atoms with E-state index in [0.29, 0.717) is 23.9 Å². The van der Waals surface area contributed by atoms with Crippen LogP contribution in [0.3, 0.4) is 0 Å². The molecule has 0 bridgehead atoms. The monoisotopic (exact) mass is 1200 g/mol. The molecule has 0 aliphatic heterocycles. The summed E-state index contributed by atoms with van der Waals surface area (Å²) in [5.74, 6) is -0.542. The van der Waals surface area contributed by atoms with Gasteiger partial charge in [0.25, 0.3) is 0 Å². The fourth-order valence-electron chi connectivity index (χ4n) is 9.28. The summed E-state index contributed by atoms with van der Waals surface area (Å²) in [5.41, 5.74) is 0. The summed E-state index contributed by atoms with van der Waals surface area (Å²) in [6.07, 6.45) is 90.3. The summed E-state index contributed by atoms with van der Waals surface area (Å²) >= 11 is 0. The molecule has 0 heterocycles. The number of unbranched alkanes of at least 4 members (excludes halogenated alkanes) is 25. The molecule has 0 aliphatic rings. The molecule has 0 aromatic heterocycles. The highest BCUT2D eigenvalue weighted by Crippen LogP contribution is 2.43. The topological polar surface area (TPSA) is 111 Å². The van der Waals surface area contributed by atoms with Gasteiger partial charge >= 0.3 is 13.8 Å². The Morgan fingerprint density at radius 3 is 1.15 bits per heavy atom. The minimum absolute atomic E-state index is 0.0280. The van der Waals surface area contributed by atoms with Gasteiger partial charge in [0.05, 0.1) is 33.8 Å². The second-order valence-electron chi connectivity index (χ2n) is 24.0. The maximum atomic E-state index is 13.6. The van der Waals surface area contributed by atoms with E-state index in [0.717, 1.165) is 141 Å². The summed E-state index contributed by atoms with van der Waals surface area (Å²) in [7, 11) is 1.46. The predicted octanol–water partition coefficient (Wildman–Crippen LogP) is 22.0. The van der Waals surface area contributed by atoms with Gasteiger partial charge in [0.2, 0.25) is 5.91 Å². The van der Waals surface area contributed by atoms with Gasteiger partial charge in [-0.15, -0.1) is 0 Å². The van der Waals surface area contributed by atoms with E-state index in [9.17, 15) is 19.0 Å². The Morgan fingerprint density at radius 2 is 0.753 bits per heavy atom. The van der Waals surface area contributed by atoms with Crippen LogP contribution in [0.4, 0.5) is 0 Å². The Kier molecular flexibility index (Phi) is 60.3. The fourth-order valence-corrected chi connectivity index (χ4v) is 10.0. The van der Waals surface area contributed by atoms with Crippen molar-refractivity contribution in [1.29, 1.82) is 0 Å². The highest BCUT2D eigenvalue weighted by atomic mass is 31.2. The average molecular weight is 1200 g/mol. The molecule has 0 aromatic carbocycles. The number of hydrogen-bond acceptors (Lipinski definition) is 6. The van der Waals surface area contributed by atoms with Crippen molar-refractivity contribution in [3.8, 4) is 0 Å². The van der Waals surface area contributed by atoms with Gasteiger partial charge in [-0.2, -0.15) is 0 Å². The molecule has 0 radical (unpaired) electrons. The van der Waals surface area contributed by atoms with Gasteiger partial charge in [0, 0.05) is 12.8 Å². The largest absolute Gasteiger partial charge is 0.472 e. The zero-order chi connectivity index (χ0) is 62.1. The van der Waals surface area contributed by atoms with Gasteiger partial charge in [0.15, 0.2) is 0 Å². The number of likely N-dealkylation sites (N-methyl/N-ethyl adjacent to an activating group) is 1. The van der Waals surface area contributed by atoms with E-state index in [1.807, 2.05) is 33.3 Å². The average Bonchev–Trinajstić information content (AvgIpc) is 3.64. The van der Waals surface area contributed by atoms with Crippen LogP contribution in [0.25, 0.3) is 0 Å². The molecular weight excluding hydrogens is 1070 g/mol. The van der Waals surface area contributed by atoms with Crippen molar-refractivity contribution in [1.82, 2.24) is 5.32 Å². The van der Waals surface area contributed by atoms with Crippen LogP contribution in [0.15, 0.2) is 134 Å². The highest BCUT2D eigenvalue weighted by molar-refractivity contribution is 7.47. The van der Waals surface area contributed by atoms with E-state index in [4.69, 9.17) is 13.8 Å². The lowest BCUT2D eigenvalue weighted by molar-refractivity contribution is -0.870. The molecule has 0 saturated carbocycles. The number of quaternary nitrogens is 1. The first-order valence-electron chi connectivity index (χ1n) is 34.5. The Labute approximate surface area is 524 Å². The van der Waals surface area contributed by atoms with E-state index in [-0.39, 0.29) is 31.5 Å². The van der Waals surface area contributed by atoms with Crippen molar-refractivity contribution in [2.75, 3.05) is 40.9 Å². The van der Waals surface area contributed by atoms with E-state index in [2.05, 4.69) is 148 Å². The van der Waals surface area contributed by atoms with Gasteiger partial charge in [-0.25, -0.2) is 4.57 Å². The number of allylic oxidation sites excluding steroid dienone is 21. The minimum Gasteiger partial charge on any atom is -0.456 e. The molecule has 0 fully saturated rings. The number of phosphoric ester groups is 1. The number of carbonyl (C=O) groups excluding carboxylic acids is 2. The number of carbonyl (C=O) groups is 2. The second-order valence-corrected chi connectivity index (χ2v) is 25.4. The van der Waals surface area contributed by atoms with Crippen LogP contribution in [0.2, 0.25) is 0 Å². The highest BCUT2D eigenvalue weighted by Gasteiger charge is 2.30. The maximum Gasteiger partial charge on any atom is 0.472 e. The van der Waals surface area contributed by atoms with Gasteiger partial charge in [-0.05, 0) is 128 Å². The van der Waals surface area contributed by atoms with Crippen LogP contribution in [-0.2, 0) is 27.9 Å². The van der Waals surface area contributed by atoms with E-state index in [1.165, 1.54) is 96.3 Å². The molecule has 0 aromatic rings. The van der Waals surface area contributed by atoms with Gasteiger partial charge in [-0.3, -0.25) is 18.6 Å². The van der Waals surface area contributed by atoms with E-state index >= 15 is 0 Å². The Bertz CT molecular complexity index is 1920. The number of phosphoric acid groups is 1. The number of rotatable bonds is 61. The van der Waals surface area contributed by atoms with Gasteiger partial charge in [0.1, 0.15) is 19.3 Å². The smallest absolute Gasteiger partial charge is 0.456 e. The van der Waals surface area contributed by atoms with Crippen LogP contribution in [0.1, 0.15) is 278 Å². The first kappa shape index (κ1) is 81.2. The third-order valence-corrected chi connectivity index (χ3v) is 15.6. The molecule has 10 heteroatoms. The summed E-state index contributed by atoms with van der Waals surface area (Å²) in [6, 6.07) is -0.871. The van der Waals surface area contributed by atoms with Gasteiger partial charge < -0.3 is 19.4 Å². The molecule has 2 N–H and O–H groups in total. The quantitative estimate of drug-likeness (QED) is 0.0205. The van der Waals surface area contributed by atoms with Crippen molar-refractivity contribution < 1.29 is 37.3 Å². The van der Waals surface area contributed by atoms with Crippen molar-refractivity contribution in [2.24, 2.45) is 0 Å². The SMILES string of the molecule is CC/C=C\C/C=C\C/C=C\C/C=C\C/C=C\C/C=C\CCCCCCCCCCC(=O)NC(COP(=O)(O)OCC[N+](C)(C)C)C(/C=C\CCCCCCCCCCC)OC(=O)CCCCCCC/C=C\C/C=C\C/C=C\C/C=C\CCCCC. The molecular formula is C75H130N2O7P+. The molecule has 3 unspecified atom stereocenters. The third-order valence-electron chi connectivity index (χ3n) is 14.6. The second kappa shape index (κ2) is 63.2. The predicted molar refractivity (Wildman–Crippen MR) is 369 cm³/mol. The van der Waals surface area contributed by atoms with Crippen molar-refractivity contribution in [3.05, 3.63) is 134 Å². The molecule has 0 spiro atoms. The first-order chi connectivity index (χ1) is 41.4. The number of esters is 1. The lowest BCUT2D eigenvalue weighted by Crippen LogP contribution is -2.47. The molecule has 486 valence electrons. The van der Waals surface area contributed by atoms with Crippen molar-refractivity contribution >= 4 is 19.7 Å². The molecule has 9 nitrogen and oxygen atoms in total. The molecule has 3 atom stereocenters. The number of nitrogens with zero attached hydrogens (tertiary/aromatic N) is 1. The van der Waals surface area contributed by atoms with Crippen molar-refractivity contribution in [3.63, 3.8) is 0 Å². The van der Waals surface area contributed by atoms with Crippen LogP contribution in [-0.4, -0.2) is 74.3 Å². The number of hydrogen-bond donors (Lipinski definition) is 2. The Balaban J connectivity index is 5.13. The lowest BCUT2D eigenvalue weighted by atomic mass is 10.0. The lowest BCUT2D eigenvalue weighted by Gasteiger charge is -2.27. The summed E-state index contributed by atoms with van der Waals surface area (Å²) in [5, 5.41) is 3.05. The maximum absolute atomic E-state index is 13.6. The molecule has 0 rings (SSSR count). The van der Waals surface area contributed by atoms with Crippen LogP contribution in [0.5, 0.6) is 0 Å². The summed E-state index contributed by atoms with van der Waals surface area (Å²) in [6.45, 7) is 6.84. The van der Waals surface area contributed by atoms with Gasteiger partial charge in [-0.1, -0.05) is 270 Å². The molecule has 1 amide bonds. The van der Waals surface area contributed by atoms with Crippen LogP contribution >= 0.6 is 7.82 Å². The Morgan fingerprint density at radius 1 is 0.424 bits per heavy atom. The first-order valence-corrected chi connectivity index (χ1v) is 36.0.